The van der Waals surface area contributed by atoms with Crippen molar-refractivity contribution in [2.45, 2.75) is 39.0 Å². The molecule has 27 heavy (non-hydrogen) atoms. The molecule has 0 bridgehead atoms. The number of carbonyl (C=O) groups excluding carboxylic acids is 1. The Bertz CT molecular complexity index is 949. The van der Waals surface area contributed by atoms with E-state index in [2.05, 4.69) is 24.8 Å². The molecule has 1 aliphatic rings. The summed E-state index contributed by atoms with van der Waals surface area (Å²) in [5.41, 5.74) is -0.174. The normalized spacial score (nSPS) is 20.5. The van der Waals surface area contributed by atoms with Crippen molar-refractivity contribution >= 4 is 30.8 Å². The minimum Gasteiger partial charge on any atom is -0.352 e. The summed E-state index contributed by atoms with van der Waals surface area (Å²) in [6.07, 6.45) is 1.39. The van der Waals surface area contributed by atoms with Gasteiger partial charge in [-0.15, -0.1) is 0 Å². The van der Waals surface area contributed by atoms with E-state index in [1.54, 1.807) is 18.4 Å². The molecular formula is C14H20N5O7P. The molecule has 2 aromatic heterocycles. The maximum atomic E-state index is 12.2. The van der Waals surface area contributed by atoms with Crippen LogP contribution in [0.4, 0.5) is 5.95 Å². The summed E-state index contributed by atoms with van der Waals surface area (Å²) in [7, 11) is -4.57. The van der Waals surface area contributed by atoms with Crippen LogP contribution in [-0.2, 0) is 18.6 Å². The molecule has 1 saturated heterocycles. The number of H-pyrrole nitrogens is 1. The predicted octanol–water partition coefficient (Wildman–Crippen LogP) is 0.501. The summed E-state index contributed by atoms with van der Waals surface area (Å²) in [5.74, 6) is -0.577. The second-order valence-electron chi connectivity index (χ2n) is 6.46. The van der Waals surface area contributed by atoms with Gasteiger partial charge in [0.25, 0.3) is 5.56 Å². The third-order valence-electron chi connectivity index (χ3n) is 4.02. The molecule has 4 N–H and O–H groups in total. The molecule has 0 radical (unpaired) electrons. The number of rotatable bonds is 6. The van der Waals surface area contributed by atoms with Crippen LogP contribution in [0, 0.1) is 5.92 Å². The largest absolute Gasteiger partial charge is 0.469 e. The number of ether oxygens (including phenoxy) is 1. The van der Waals surface area contributed by atoms with E-state index in [0.29, 0.717) is 12.8 Å². The van der Waals surface area contributed by atoms with E-state index in [4.69, 9.17) is 14.5 Å². The molecule has 1 unspecified atom stereocenters. The van der Waals surface area contributed by atoms with Crippen LogP contribution in [0.15, 0.2) is 11.1 Å². The second-order valence-corrected chi connectivity index (χ2v) is 7.70. The molecule has 148 valence electrons. The van der Waals surface area contributed by atoms with E-state index in [1.807, 2.05) is 0 Å². The summed E-state index contributed by atoms with van der Waals surface area (Å²) >= 11 is 0. The second kappa shape index (κ2) is 7.49. The third kappa shape index (κ3) is 4.60. The lowest BCUT2D eigenvalue weighted by atomic mass is 10.2. The van der Waals surface area contributed by atoms with Crippen molar-refractivity contribution in [2.75, 3.05) is 11.9 Å². The van der Waals surface area contributed by atoms with Crippen LogP contribution in [-0.4, -0.2) is 47.9 Å². The highest BCUT2D eigenvalue weighted by Crippen LogP contribution is 2.38. The van der Waals surface area contributed by atoms with Crippen molar-refractivity contribution in [1.82, 2.24) is 19.5 Å². The number of imidazole rings is 1. The Morgan fingerprint density at radius 1 is 1.52 bits per heavy atom. The molecule has 3 rings (SSSR count). The molecule has 3 heterocycles. The Labute approximate surface area is 153 Å². The number of nitrogens with zero attached hydrogens (tertiary/aromatic N) is 3. The Morgan fingerprint density at radius 2 is 2.26 bits per heavy atom. The van der Waals surface area contributed by atoms with E-state index in [9.17, 15) is 14.2 Å². The van der Waals surface area contributed by atoms with Gasteiger partial charge in [-0.3, -0.25) is 29.0 Å². The van der Waals surface area contributed by atoms with Gasteiger partial charge in [0, 0.05) is 5.92 Å². The minimum atomic E-state index is -4.57. The van der Waals surface area contributed by atoms with Crippen molar-refractivity contribution < 1.29 is 28.4 Å². The number of fused-ring (bicyclic) bond motifs is 1. The van der Waals surface area contributed by atoms with Crippen molar-refractivity contribution in [1.29, 1.82) is 0 Å². The summed E-state index contributed by atoms with van der Waals surface area (Å²) < 4.78 is 22.5. The predicted molar refractivity (Wildman–Crippen MR) is 92.8 cm³/mol. The van der Waals surface area contributed by atoms with Crippen molar-refractivity contribution in [2.24, 2.45) is 5.92 Å². The molecule has 13 heteroatoms. The van der Waals surface area contributed by atoms with Gasteiger partial charge >= 0.3 is 7.82 Å². The van der Waals surface area contributed by atoms with E-state index >= 15 is 0 Å². The van der Waals surface area contributed by atoms with E-state index in [1.165, 1.54) is 6.33 Å². The summed E-state index contributed by atoms with van der Waals surface area (Å²) in [6, 6.07) is 0. The molecule has 2 aromatic rings. The zero-order chi connectivity index (χ0) is 19.8. The van der Waals surface area contributed by atoms with Gasteiger partial charge in [-0.1, -0.05) is 13.8 Å². The number of nitrogens with one attached hydrogen (secondary N) is 2. The number of phosphoric ester groups is 1. The fourth-order valence-electron chi connectivity index (χ4n) is 2.65. The van der Waals surface area contributed by atoms with Gasteiger partial charge in [-0.05, 0) is 12.8 Å². The van der Waals surface area contributed by atoms with Crippen LogP contribution >= 0.6 is 7.82 Å². The number of phosphoric acid groups is 1. The standard InChI is InChI=1S/C14H20N5O7P/c1-7(2)12(20)17-14-16-11-10(13(21)18-14)15-6-19(11)9-4-3-8(26-9)5-25-27(22,23)24/h6-9H,3-5H2,1-2H3,(H2,22,23,24)(H2,16,17,18,20,21)/t8?,9-/m1/s1. The number of aromatic nitrogens is 4. The van der Waals surface area contributed by atoms with Crippen molar-refractivity contribution in [3.63, 3.8) is 0 Å². The molecule has 1 amide bonds. The molecule has 1 fully saturated rings. The zero-order valence-corrected chi connectivity index (χ0v) is 15.5. The molecule has 0 aliphatic carbocycles. The molecule has 2 atom stereocenters. The third-order valence-corrected chi connectivity index (χ3v) is 4.51. The van der Waals surface area contributed by atoms with Crippen LogP contribution in [0.2, 0.25) is 0 Å². The molecule has 12 nitrogen and oxygen atoms in total. The molecule has 0 spiro atoms. The average Bonchev–Trinajstić information content (AvgIpc) is 3.18. The van der Waals surface area contributed by atoms with Crippen LogP contribution in [0.5, 0.6) is 0 Å². The maximum absolute atomic E-state index is 12.2. The highest BCUT2D eigenvalue weighted by Gasteiger charge is 2.30. The topological polar surface area (TPSA) is 169 Å². The van der Waals surface area contributed by atoms with Crippen LogP contribution in [0.1, 0.15) is 32.9 Å². The lowest BCUT2D eigenvalue weighted by Crippen LogP contribution is -2.22. The van der Waals surface area contributed by atoms with Crippen LogP contribution < -0.4 is 10.9 Å². The number of anilines is 1. The van der Waals surface area contributed by atoms with Gasteiger partial charge in [0.05, 0.1) is 19.0 Å². The lowest BCUT2D eigenvalue weighted by molar-refractivity contribution is -0.118. The lowest BCUT2D eigenvalue weighted by Gasteiger charge is -2.15. The number of amides is 1. The minimum absolute atomic E-state index is 0.00679. The summed E-state index contributed by atoms with van der Waals surface area (Å²) in [5, 5.41) is 2.53. The van der Waals surface area contributed by atoms with E-state index < -0.39 is 25.7 Å². The van der Waals surface area contributed by atoms with E-state index in [-0.39, 0.29) is 35.5 Å². The van der Waals surface area contributed by atoms with Gasteiger partial charge in [0.15, 0.2) is 11.2 Å². The number of hydrogen-bond donors (Lipinski definition) is 4. The average molecular weight is 401 g/mol. The van der Waals surface area contributed by atoms with Gasteiger partial charge < -0.3 is 14.5 Å². The number of carbonyl (C=O) groups is 1. The van der Waals surface area contributed by atoms with E-state index in [0.717, 1.165) is 0 Å². The smallest absolute Gasteiger partial charge is 0.352 e. The molecule has 0 aromatic carbocycles. The monoisotopic (exact) mass is 401 g/mol. The SMILES string of the molecule is CC(C)C(=O)Nc1nc2c(ncn2[C@H]2CCC(COP(=O)(O)O)O2)c(=O)[nH]1. The Hall–Kier alpha value is -2.11. The molecular weight excluding hydrogens is 381 g/mol. The van der Waals surface area contributed by atoms with Crippen molar-refractivity contribution in [3.05, 3.63) is 16.7 Å². The Balaban J connectivity index is 1.81. The Morgan fingerprint density at radius 3 is 2.93 bits per heavy atom. The molecule has 1 aliphatic heterocycles. The first kappa shape index (κ1) is 19.6. The summed E-state index contributed by atoms with van der Waals surface area (Å²) in [6.45, 7) is 3.17. The number of aromatic amines is 1. The Kier molecular flexibility index (Phi) is 5.45. The first-order valence-electron chi connectivity index (χ1n) is 8.27. The number of hydrogen-bond acceptors (Lipinski definition) is 7. The van der Waals surface area contributed by atoms with Crippen molar-refractivity contribution in [3.8, 4) is 0 Å². The first-order valence-corrected chi connectivity index (χ1v) is 9.80. The van der Waals surface area contributed by atoms with Crippen LogP contribution in [0.3, 0.4) is 0 Å². The van der Waals surface area contributed by atoms with Crippen LogP contribution in [0.25, 0.3) is 11.2 Å². The fourth-order valence-corrected chi connectivity index (χ4v) is 3.01. The van der Waals surface area contributed by atoms with Gasteiger partial charge in [-0.2, -0.15) is 4.98 Å². The fraction of sp³-hybridized carbons (Fsp3) is 0.571. The van der Waals surface area contributed by atoms with Gasteiger partial charge in [-0.25, -0.2) is 9.55 Å². The summed E-state index contributed by atoms with van der Waals surface area (Å²) in [4.78, 5) is 52.3. The molecule has 0 saturated carbocycles. The quantitative estimate of drug-likeness (QED) is 0.504. The first-order chi connectivity index (χ1) is 12.6. The van der Waals surface area contributed by atoms with Gasteiger partial charge in [0.2, 0.25) is 11.9 Å². The highest BCUT2D eigenvalue weighted by atomic mass is 31.2. The van der Waals surface area contributed by atoms with Gasteiger partial charge in [0.1, 0.15) is 6.23 Å². The highest BCUT2D eigenvalue weighted by molar-refractivity contribution is 7.46. The zero-order valence-electron chi connectivity index (χ0n) is 14.7. The maximum Gasteiger partial charge on any atom is 0.469 e.